The molecule has 1 aliphatic rings. The van der Waals surface area contributed by atoms with Crippen molar-refractivity contribution in [2.45, 2.75) is 19.8 Å². The van der Waals surface area contributed by atoms with E-state index < -0.39 is 0 Å². The standard InChI is InChI=1S/C12H25BrN2/c1-4-11(7-13)8-15(3)10-12-5-6-14(2)9-12/h11-12H,4-10H2,1-3H3. The third-order valence-corrected chi connectivity index (χ3v) is 4.34. The van der Waals surface area contributed by atoms with Crippen molar-refractivity contribution in [2.75, 3.05) is 45.6 Å². The van der Waals surface area contributed by atoms with Crippen LogP contribution in [0.25, 0.3) is 0 Å². The summed E-state index contributed by atoms with van der Waals surface area (Å²) in [6.07, 6.45) is 2.66. The van der Waals surface area contributed by atoms with Crippen LogP contribution in [0.4, 0.5) is 0 Å². The average molecular weight is 277 g/mol. The molecule has 0 aliphatic carbocycles. The zero-order valence-electron chi connectivity index (χ0n) is 10.4. The molecule has 1 saturated heterocycles. The molecule has 90 valence electrons. The molecule has 2 unspecified atom stereocenters. The van der Waals surface area contributed by atoms with Gasteiger partial charge in [0.15, 0.2) is 0 Å². The average Bonchev–Trinajstić information content (AvgIpc) is 2.60. The number of hydrogen-bond acceptors (Lipinski definition) is 2. The summed E-state index contributed by atoms with van der Waals surface area (Å²) in [6.45, 7) is 7.36. The molecule has 0 saturated carbocycles. The van der Waals surface area contributed by atoms with E-state index in [0.29, 0.717) is 0 Å². The number of hydrogen-bond donors (Lipinski definition) is 0. The summed E-state index contributed by atoms with van der Waals surface area (Å²) < 4.78 is 0. The molecular formula is C12H25BrN2. The number of halogens is 1. The first-order chi connectivity index (χ1) is 7.15. The summed E-state index contributed by atoms with van der Waals surface area (Å²) in [7, 11) is 4.50. The number of alkyl halides is 1. The maximum Gasteiger partial charge on any atom is 0.00717 e. The molecule has 2 atom stereocenters. The van der Waals surface area contributed by atoms with E-state index in [-0.39, 0.29) is 0 Å². The zero-order chi connectivity index (χ0) is 11.3. The molecule has 0 aromatic carbocycles. The second-order valence-corrected chi connectivity index (χ2v) is 5.71. The molecule has 0 bridgehead atoms. The SMILES string of the molecule is CCC(CBr)CN(C)CC1CCN(C)C1. The summed E-state index contributed by atoms with van der Waals surface area (Å²) in [6, 6.07) is 0. The monoisotopic (exact) mass is 276 g/mol. The van der Waals surface area contributed by atoms with E-state index in [0.717, 1.165) is 17.2 Å². The highest BCUT2D eigenvalue weighted by atomic mass is 79.9. The van der Waals surface area contributed by atoms with E-state index in [2.05, 4.69) is 46.7 Å². The van der Waals surface area contributed by atoms with Crippen molar-refractivity contribution in [2.24, 2.45) is 11.8 Å². The molecule has 15 heavy (non-hydrogen) atoms. The Morgan fingerprint density at radius 1 is 1.53 bits per heavy atom. The summed E-state index contributed by atoms with van der Waals surface area (Å²) in [5, 5.41) is 1.14. The van der Waals surface area contributed by atoms with Gasteiger partial charge in [0.25, 0.3) is 0 Å². The molecule has 0 spiro atoms. The van der Waals surface area contributed by atoms with E-state index in [4.69, 9.17) is 0 Å². The zero-order valence-corrected chi connectivity index (χ0v) is 12.0. The second-order valence-electron chi connectivity index (χ2n) is 5.07. The highest BCUT2D eigenvalue weighted by molar-refractivity contribution is 9.09. The quantitative estimate of drug-likeness (QED) is 0.687. The fraction of sp³-hybridized carbons (Fsp3) is 1.00. The Hall–Kier alpha value is 0.400. The highest BCUT2D eigenvalue weighted by Crippen LogP contribution is 2.16. The second kappa shape index (κ2) is 6.87. The molecule has 0 radical (unpaired) electrons. The van der Waals surface area contributed by atoms with Crippen molar-refractivity contribution >= 4 is 15.9 Å². The van der Waals surface area contributed by atoms with Gasteiger partial charge in [-0.3, -0.25) is 0 Å². The Labute approximate surface area is 103 Å². The van der Waals surface area contributed by atoms with Crippen LogP contribution in [0.2, 0.25) is 0 Å². The Balaban J connectivity index is 2.20. The largest absolute Gasteiger partial charge is 0.306 e. The molecular weight excluding hydrogens is 252 g/mol. The Morgan fingerprint density at radius 3 is 2.73 bits per heavy atom. The Bertz CT molecular complexity index is 171. The first kappa shape index (κ1) is 13.5. The minimum atomic E-state index is 0.814. The predicted octanol–water partition coefficient (Wildman–Crippen LogP) is 2.29. The molecule has 3 heteroatoms. The van der Waals surface area contributed by atoms with Crippen molar-refractivity contribution in [3.05, 3.63) is 0 Å². The smallest absolute Gasteiger partial charge is 0.00717 e. The van der Waals surface area contributed by atoms with Crippen molar-refractivity contribution in [3.63, 3.8) is 0 Å². The van der Waals surface area contributed by atoms with Gasteiger partial charge in [0.1, 0.15) is 0 Å². The van der Waals surface area contributed by atoms with Crippen LogP contribution in [0.15, 0.2) is 0 Å². The van der Waals surface area contributed by atoms with Gasteiger partial charge in [-0.1, -0.05) is 29.3 Å². The lowest BCUT2D eigenvalue weighted by atomic mass is 10.1. The van der Waals surface area contributed by atoms with Gasteiger partial charge in [-0.25, -0.2) is 0 Å². The Morgan fingerprint density at radius 2 is 2.27 bits per heavy atom. The molecule has 0 N–H and O–H groups in total. The van der Waals surface area contributed by atoms with Crippen molar-refractivity contribution in [3.8, 4) is 0 Å². The van der Waals surface area contributed by atoms with E-state index in [1.165, 1.54) is 39.0 Å². The van der Waals surface area contributed by atoms with Gasteiger partial charge in [0.05, 0.1) is 0 Å². The lowest BCUT2D eigenvalue weighted by Crippen LogP contribution is -2.32. The van der Waals surface area contributed by atoms with Gasteiger partial charge in [-0.15, -0.1) is 0 Å². The molecule has 1 fully saturated rings. The summed E-state index contributed by atoms with van der Waals surface area (Å²) in [5.41, 5.74) is 0. The predicted molar refractivity (Wildman–Crippen MR) is 70.7 cm³/mol. The van der Waals surface area contributed by atoms with Crippen LogP contribution in [0.1, 0.15) is 19.8 Å². The third-order valence-electron chi connectivity index (χ3n) is 3.42. The van der Waals surface area contributed by atoms with E-state index >= 15 is 0 Å². The van der Waals surface area contributed by atoms with Crippen LogP contribution in [0.3, 0.4) is 0 Å². The number of likely N-dealkylation sites (tertiary alicyclic amines) is 1. The van der Waals surface area contributed by atoms with Gasteiger partial charge >= 0.3 is 0 Å². The molecule has 1 rings (SSSR count). The topological polar surface area (TPSA) is 6.48 Å². The first-order valence-electron chi connectivity index (χ1n) is 6.08. The summed E-state index contributed by atoms with van der Waals surface area (Å²) in [5.74, 6) is 1.71. The fourth-order valence-electron chi connectivity index (χ4n) is 2.42. The molecule has 2 nitrogen and oxygen atoms in total. The van der Waals surface area contributed by atoms with Gasteiger partial charge < -0.3 is 9.80 Å². The van der Waals surface area contributed by atoms with Crippen molar-refractivity contribution < 1.29 is 0 Å². The van der Waals surface area contributed by atoms with Gasteiger partial charge in [-0.2, -0.15) is 0 Å². The van der Waals surface area contributed by atoms with E-state index in [1.807, 2.05) is 0 Å². The Kier molecular flexibility index (Phi) is 6.17. The minimum absolute atomic E-state index is 0.814. The normalized spacial score (nSPS) is 25.0. The molecule has 1 aliphatic heterocycles. The first-order valence-corrected chi connectivity index (χ1v) is 7.20. The van der Waals surface area contributed by atoms with Crippen LogP contribution < -0.4 is 0 Å². The number of rotatable bonds is 6. The highest BCUT2D eigenvalue weighted by Gasteiger charge is 2.21. The maximum absolute atomic E-state index is 3.59. The van der Waals surface area contributed by atoms with Gasteiger partial charge in [0, 0.05) is 25.0 Å². The molecule has 0 aromatic rings. The van der Waals surface area contributed by atoms with E-state index in [9.17, 15) is 0 Å². The van der Waals surface area contributed by atoms with Crippen LogP contribution >= 0.6 is 15.9 Å². The fourth-order valence-corrected chi connectivity index (χ4v) is 3.08. The molecule has 0 aromatic heterocycles. The minimum Gasteiger partial charge on any atom is -0.306 e. The molecule has 0 amide bonds. The van der Waals surface area contributed by atoms with Crippen LogP contribution in [0, 0.1) is 11.8 Å². The van der Waals surface area contributed by atoms with E-state index in [1.54, 1.807) is 0 Å². The van der Waals surface area contributed by atoms with Crippen LogP contribution in [-0.4, -0.2) is 55.4 Å². The summed E-state index contributed by atoms with van der Waals surface area (Å²) >= 11 is 3.59. The third kappa shape index (κ3) is 4.83. The van der Waals surface area contributed by atoms with Crippen molar-refractivity contribution in [1.29, 1.82) is 0 Å². The molecule has 1 heterocycles. The van der Waals surface area contributed by atoms with Gasteiger partial charge in [-0.05, 0) is 38.9 Å². The summed E-state index contributed by atoms with van der Waals surface area (Å²) in [4.78, 5) is 4.96. The van der Waals surface area contributed by atoms with Crippen molar-refractivity contribution in [1.82, 2.24) is 9.80 Å². The van der Waals surface area contributed by atoms with Crippen LogP contribution in [-0.2, 0) is 0 Å². The number of nitrogens with zero attached hydrogens (tertiary/aromatic N) is 2. The lowest BCUT2D eigenvalue weighted by molar-refractivity contribution is 0.243. The lowest BCUT2D eigenvalue weighted by Gasteiger charge is -2.24. The maximum atomic E-state index is 3.59. The van der Waals surface area contributed by atoms with Gasteiger partial charge in [0.2, 0.25) is 0 Å². The van der Waals surface area contributed by atoms with Crippen LogP contribution in [0.5, 0.6) is 0 Å².